The first-order valence-corrected chi connectivity index (χ1v) is 11.6. The van der Waals surface area contributed by atoms with Crippen LogP contribution in [0.4, 0.5) is 17.1 Å². The Labute approximate surface area is 171 Å². The van der Waals surface area contributed by atoms with Crippen molar-refractivity contribution in [1.29, 1.82) is 0 Å². The van der Waals surface area contributed by atoms with Gasteiger partial charge in [-0.25, -0.2) is 8.42 Å². The lowest BCUT2D eigenvalue weighted by Gasteiger charge is -2.34. The number of sulfonamides is 1. The summed E-state index contributed by atoms with van der Waals surface area (Å²) < 4.78 is 31.6. The second-order valence-corrected chi connectivity index (χ2v) is 9.51. The second-order valence-electron chi connectivity index (χ2n) is 7.60. The van der Waals surface area contributed by atoms with E-state index in [1.165, 1.54) is 17.1 Å². The molecule has 154 valence electrons. The van der Waals surface area contributed by atoms with Crippen LogP contribution in [-0.2, 0) is 14.8 Å². The zero-order valence-corrected chi connectivity index (χ0v) is 17.4. The van der Waals surface area contributed by atoms with E-state index in [-0.39, 0.29) is 12.5 Å². The predicted molar refractivity (Wildman–Crippen MR) is 114 cm³/mol. The predicted octanol–water partition coefficient (Wildman–Crippen LogP) is 2.76. The van der Waals surface area contributed by atoms with Gasteiger partial charge in [-0.1, -0.05) is 6.07 Å². The van der Waals surface area contributed by atoms with Crippen molar-refractivity contribution in [2.24, 2.45) is 0 Å². The number of ether oxygens (including phenoxy) is 1. The van der Waals surface area contributed by atoms with Gasteiger partial charge in [-0.3, -0.25) is 9.10 Å². The normalized spacial score (nSPS) is 18.9. The minimum atomic E-state index is -3.54. The number of rotatable bonds is 4. The van der Waals surface area contributed by atoms with Crippen LogP contribution in [0, 0.1) is 6.92 Å². The lowest BCUT2D eigenvalue weighted by atomic mass is 10.1. The van der Waals surface area contributed by atoms with Crippen molar-refractivity contribution in [2.45, 2.75) is 25.9 Å². The lowest BCUT2D eigenvalue weighted by molar-refractivity contribution is -0.122. The van der Waals surface area contributed by atoms with Crippen LogP contribution in [0.3, 0.4) is 0 Å². The summed E-state index contributed by atoms with van der Waals surface area (Å²) in [5.41, 5.74) is 3.18. The summed E-state index contributed by atoms with van der Waals surface area (Å²) in [7, 11) is -3.54. The number of fused-ring (bicyclic) bond motifs is 1. The van der Waals surface area contributed by atoms with E-state index in [4.69, 9.17) is 4.74 Å². The fraction of sp³-hybridized carbons (Fsp3) is 0.381. The van der Waals surface area contributed by atoms with E-state index in [9.17, 15) is 13.2 Å². The van der Waals surface area contributed by atoms with E-state index in [2.05, 4.69) is 10.2 Å². The van der Waals surface area contributed by atoms with E-state index in [1.54, 1.807) is 12.1 Å². The summed E-state index contributed by atoms with van der Waals surface area (Å²) in [5, 5.41) is 2.84. The number of anilines is 3. The Morgan fingerprint density at radius 3 is 2.45 bits per heavy atom. The molecule has 7 nitrogen and oxygen atoms in total. The Bertz CT molecular complexity index is 1010. The van der Waals surface area contributed by atoms with Gasteiger partial charge in [-0.15, -0.1) is 0 Å². The van der Waals surface area contributed by atoms with Crippen molar-refractivity contribution in [3.8, 4) is 5.75 Å². The molecule has 0 radical (unpaired) electrons. The van der Waals surface area contributed by atoms with Crippen LogP contribution < -0.4 is 19.3 Å². The number of amides is 1. The third kappa shape index (κ3) is 4.17. The monoisotopic (exact) mass is 415 g/mol. The highest BCUT2D eigenvalue weighted by Gasteiger charge is 2.35. The number of aryl methyl sites for hydroxylation is 1. The first-order valence-electron chi connectivity index (χ1n) is 9.72. The Morgan fingerprint density at radius 1 is 1.10 bits per heavy atom. The van der Waals surface area contributed by atoms with Crippen molar-refractivity contribution >= 4 is 33.0 Å². The number of nitrogens with one attached hydrogen (secondary N) is 1. The number of nitrogens with zero attached hydrogens (tertiary/aromatic N) is 2. The molecule has 0 saturated carbocycles. The van der Waals surface area contributed by atoms with Gasteiger partial charge < -0.3 is 15.0 Å². The molecule has 2 aromatic rings. The van der Waals surface area contributed by atoms with Crippen LogP contribution in [0.2, 0.25) is 0 Å². The van der Waals surface area contributed by atoms with Gasteiger partial charge in [0.05, 0.1) is 18.5 Å². The van der Waals surface area contributed by atoms with Crippen LogP contribution in [0.25, 0.3) is 0 Å². The molecule has 0 unspecified atom stereocenters. The summed E-state index contributed by atoms with van der Waals surface area (Å²) in [6.45, 7) is 3.93. The third-order valence-electron chi connectivity index (χ3n) is 5.28. The van der Waals surface area contributed by atoms with Gasteiger partial charge >= 0.3 is 0 Å². The maximum atomic E-state index is 12.8. The third-order valence-corrected chi connectivity index (χ3v) is 6.43. The van der Waals surface area contributed by atoms with Crippen molar-refractivity contribution < 1.29 is 17.9 Å². The van der Waals surface area contributed by atoms with Crippen molar-refractivity contribution in [1.82, 2.24) is 0 Å². The molecule has 2 aliphatic rings. The molecule has 4 rings (SSSR count). The van der Waals surface area contributed by atoms with Crippen LogP contribution in [0.15, 0.2) is 42.5 Å². The van der Waals surface area contributed by atoms with Gasteiger partial charge in [0.1, 0.15) is 5.75 Å². The van der Waals surface area contributed by atoms with E-state index in [0.717, 1.165) is 30.6 Å². The van der Waals surface area contributed by atoms with Gasteiger partial charge in [0.15, 0.2) is 6.10 Å². The van der Waals surface area contributed by atoms with E-state index < -0.39 is 16.1 Å². The molecule has 1 atom stereocenters. The summed E-state index contributed by atoms with van der Waals surface area (Å²) in [6, 6.07) is 13.0. The maximum Gasteiger partial charge on any atom is 0.267 e. The number of hydrogen-bond donors (Lipinski definition) is 1. The molecular weight excluding hydrogens is 390 g/mol. The maximum absolute atomic E-state index is 12.8. The highest BCUT2D eigenvalue weighted by atomic mass is 32.2. The lowest BCUT2D eigenvalue weighted by Crippen LogP contribution is -2.48. The molecule has 1 fully saturated rings. The van der Waals surface area contributed by atoms with Crippen LogP contribution in [-0.4, -0.2) is 46.3 Å². The van der Waals surface area contributed by atoms with Crippen molar-refractivity contribution in [3.63, 3.8) is 0 Å². The SMILES string of the molecule is Cc1ccc2c(c1)N(S(C)(=O)=O)C[C@H](C(=O)Nc1ccc(N3CCCC3)cc1)O2. The zero-order chi connectivity index (χ0) is 20.6. The first-order chi connectivity index (χ1) is 13.8. The fourth-order valence-corrected chi connectivity index (χ4v) is 4.67. The first kappa shape index (κ1) is 19.6. The number of carbonyl (C=O) groups excluding carboxylic acids is 1. The number of benzene rings is 2. The summed E-state index contributed by atoms with van der Waals surface area (Å²) >= 11 is 0. The number of carbonyl (C=O) groups is 1. The largest absolute Gasteiger partial charge is 0.476 e. The minimum Gasteiger partial charge on any atom is -0.476 e. The molecule has 2 aromatic carbocycles. The Hall–Kier alpha value is -2.74. The molecule has 1 saturated heterocycles. The fourth-order valence-electron chi connectivity index (χ4n) is 3.77. The van der Waals surface area contributed by atoms with Gasteiger partial charge in [-0.2, -0.15) is 0 Å². The quantitative estimate of drug-likeness (QED) is 0.831. The molecule has 2 aliphatic heterocycles. The Balaban J connectivity index is 1.50. The molecule has 2 heterocycles. The topological polar surface area (TPSA) is 79.0 Å². The standard InChI is InChI=1S/C21H25N3O4S/c1-15-5-10-19-18(13-15)24(29(2,26)27)14-20(28-19)21(25)22-16-6-8-17(9-7-16)23-11-3-4-12-23/h5-10,13,20H,3-4,11-12,14H2,1-2H3,(H,22,25)/t20-/m1/s1. The van der Waals surface area contributed by atoms with E-state index in [1.807, 2.05) is 37.3 Å². The number of hydrogen-bond acceptors (Lipinski definition) is 5. The molecule has 0 bridgehead atoms. The molecular formula is C21H25N3O4S. The van der Waals surface area contributed by atoms with Gasteiger partial charge in [0.2, 0.25) is 10.0 Å². The van der Waals surface area contributed by atoms with Gasteiger partial charge in [0.25, 0.3) is 5.91 Å². The molecule has 29 heavy (non-hydrogen) atoms. The van der Waals surface area contributed by atoms with Crippen molar-refractivity contribution in [2.75, 3.05) is 40.4 Å². The van der Waals surface area contributed by atoms with Crippen LogP contribution in [0.5, 0.6) is 5.75 Å². The Morgan fingerprint density at radius 2 is 1.79 bits per heavy atom. The second kappa shape index (κ2) is 7.59. The molecule has 8 heteroatoms. The Kier molecular flexibility index (Phi) is 5.12. The van der Waals surface area contributed by atoms with Crippen LogP contribution >= 0.6 is 0 Å². The van der Waals surface area contributed by atoms with E-state index >= 15 is 0 Å². The molecule has 1 amide bonds. The van der Waals surface area contributed by atoms with Crippen LogP contribution in [0.1, 0.15) is 18.4 Å². The highest BCUT2D eigenvalue weighted by molar-refractivity contribution is 7.92. The summed E-state index contributed by atoms with van der Waals surface area (Å²) in [6.07, 6.45) is 2.61. The molecule has 0 aromatic heterocycles. The minimum absolute atomic E-state index is 0.0625. The zero-order valence-electron chi connectivity index (χ0n) is 16.6. The average molecular weight is 416 g/mol. The molecule has 0 aliphatic carbocycles. The molecule has 1 N–H and O–H groups in total. The summed E-state index contributed by atoms with van der Waals surface area (Å²) in [5.74, 6) is 0.00982. The summed E-state index contributed by atoms with van der Waals surface area (Å²) in [4.78, 5) is 15.1. The smallest absolute Gasteiger partial charge is 0.267 e. The van der Waals surface area contributed by atoms with E-state index in [0.29, 0.717) is 17.1 Å². The average Bonchev–Trinajstić information content (AvgIpc) is 3.21. The molecule has 0 spiro atoms. The van der Waals surface area contributed by atoms with Gasteiger partial charge in [-0.05, 0) is 61.7 Å². The highest BCUT2D eigenvalue weighted by Crippen LogP contribution is 2.36. The van der Waals surface area contributed by atoms with Gasteiger partial charge in [0, 0.05) is 24.5 Å². The van der Waals surface area contributed by atoms with Crippen molar-refractivity contribution in [3.05, 3.63) is 48.0 Å².